The summed E-state index contributed by atoms with van der Waals surface area (Å²) in [4.78, 5) is 53.6. The Morgan fingerprint density at radius 1 is 1.07 bits per heavy atom. The molecule has 0 spiro atoms. The highest BCUT2D eigenvalue weighted by atomic mass is 16.4. The lowest BCUT2D eigenvalue weighted by molar-refractivity contribution is -0.139. The number of benzene rings is 2. The number of carbonyl (C=O) groups excluding carboxylic acids is 3. The number of hydrogen-bond donors (Lipinski definition) is 5. The summed E-state index contributed by atoms with van der Waals surface area (Å²) < 4.78 is 0. The van der Waals surface area contributed by atoms with Crippen molar-refractivity contribution in [1.82, 2.24) is 20.5 Å². The van der Waals surface area contributed by atoms with E-state index in [1.165, 1.54) is 5.56 Å². The van der Waals surface area contributed by atoms with Gasteiger partial charge < -0.3 is 31.4 Å². The summed E-state index contributed by atoms with van der Waals surface area (Å²) >= 11 is 0. The second kappa shape index (κ2) is 17.8. The summed E-state index contributed by atoms with van der Waals surface area (Å²) in [7, 11) is 0. The maximum absolute atomic E-state index is 13.9. The molecule has 0 aliphatic carbocycles. The fourth-order valence-corrected chi connectivity index (χ4v) is 5.12. The van der Waals surface area contributed by atoms with Crippen molar-refractivity contribution in [3.63, 3.8) is 0 Å². The van der Waals surface area contributed by atoms with E-state index in [9.17, 15) is 19.2 Å². The van der Waals surface area contributed by atoms with E-state index in [-0.39, 0.29) is 18.9 Å². The lowest BCUT2D eigenvalue weighted by Gasteiger charge is -2.36. The van der Waals surface area contributed by atoms with Crippen LogP contribution in [0, 0.1) is 5.92 Å². The quantitative estimate of drug-likeness (QED) is 0.234. The lowest BCUT2D eigenvalue weighted by atomic mass is 9.90. The second-order valence-corrected chi connectivity index (χ2v) is 11.2. The number of carboxylic acid groups (broad SMARTS) is 1. The molecule has 44 heavy (non-hydrogen) atoms. The van der Waals surface area contributed by atoms with Crippen LogP contribution in [0.5, 0.6) is 0 Å². The number of para-hydroxylation sites is 1. The molecule has 2 aromatic carbocycles. The summed E-state index contributed by atoms with van der Waals surface area (Å²) in [6.07, 6.45) is 5.37. The van der Waals surface area contributed by atoms with Crippen LogP contribution in [0.15, 0.2) is 60.8 Å². The number of aliphatic carboxylic acids is 1. The minimum atomic E-state index is -1.22. The smallest absolute Gasteiger partial charge is 0.303 e. The number of hydrogen-bond acceptors (Lipinski definition) is 5. The number of amides is 3. The number of carboxylic acids is 1. The lowest BCUT2D eigenvalue weighted by Crippen LogP contribution is -2.60. The maximum Gasteiger partial charge on any atom is 0.303 e. The molecule has 0 saturated carbocycles. The molecule has 240 valence electrons. The van der Waals surface area contributed by atoms with Crippen molar-refractivity contribution in [2.24, 2.45) is 11.7 Å². The third-order valence-electron chi connectivity index (χ3n) is 7.41. The van der Waals surface area contributed by atoms with Crippen LogP contribution in [0.1, 0.15) is 65.0 Å². The average molecular weight is 608 g/mol. The molecule has 3 aromatic rings. The fourth-order valence-electron chi connectivity index (χ4n) is 5.12. The van der Waals surface area contributed by atoms with E-state index in [0.29, 0.717) is 25.4 Å². The molecule has 1 unspecified atom stereocenters. The molecule has 1 aromatic heterocycles. The van der Waals surface area contributed by atoms with E-state index in [1.54, 1.807) is 20.8 Å². The predicted molar refractivity (Wildman–Crippen MR) is 174 cm³/mol. The SMILES string of the molecule is CC.CC(C)(NC(=O)CN)C(=O)NC(Cc1c[nH]c2ccccc12)C(=O)N1CCC[C@H](Cc2ccccc2)C1.CCC(=O)O. The number of piperidine rings is 1. The van der Waals surface area contributed by atoms with Gasteiger partial charge in [0.15, 0.2) is 0 Å². The molecule has 0 radical (unpaired) electrons. The van der Waals surface area contributed by atoms with Crippen LogP contribution in [-0.4, -0.2) is 69.9 Å². The van der Waals surface area contributed by atoms with Crippen LogP contribution < -0.4 is 16.4 Å². The monoisotopic (exact) mass is 607 g/mol. The Labute approximate surface area is 260 Å². The van der Waals surface area contributed by atoms with Gasteiger partial charge in [0, 0.05) is 43.0 Å². The first-order chi connectivity index (χ1) is 21.0. The van der Waals surface area contributed by atoms with E-state index >= 15 is 0 Å². The highest BCUT2D eigenvalue weighted by Crippen LogP contribution is 2.24. The van der Waals surface area contributed by atoms with Gasteiger partial charge in [-0.05, 0) is 56.2 Å². The van der Waals surface area contributed by atoms with Crippen molar-refractivity contribution < 1.29 is 24.3 Å². The molecule has 1 fully saturated rings. The molecule has 1 aliphatic heterocycles. The van der Waals surface area contributed by atoms with E-state index in [2.05, 4.69) is 27.8 Å². The van der Waals surface area contributed by atoms with Crippen LogP contribution in [0.4, 0.5) is 0 Å². The minimum absolute atomic E-state index is 0.0997. The Morgan fingerprint density at radius 2 is 1.70 bits per heavy atom. The molecule has 2 atom stereocenters. The number of nitrogens with one attached hydrogen (secondary N) is 3. The Hall–Kier alpha value is -4.18. The number of likely N-dealkylation sites (tertiary alicyclic amines) is 1. The second-order valence-electron chi connectivity index (χ2n) is 11.2. The summed E-state index contributed by atoms with van der Waals surface area (Å²) in [5.41, 5.74) is 7.41. The molecular formula is C34H49N5O5. The molecule has 3 amide bonds. The Morgan fingerprint density at radius 3 is 2.34 bits per heavy atom. The van der Waals surface area contributed by atoms with Gasteiger partial charge in [0.2, 0.25) is 17.7 Å². The fraction of sp³-hybridized carbons (Fsp3) is 0.471. The first-order valence-corrected chi connectivity index (χ1v) is 15.5. The Bertz CT molecular complexity index is 1350. The summed E-state index contributed by atoms with van der Waals surface area (Å²) in [6.45, 7) is 9.92. The number of aromatic nitrogens is 1. The highest BCUT2D eigenvalue weighted by molar-refractivity contribution is 5.95. The molecule has 1 aliphatic rings. The van der Waals surface area contributed by atoms with Crippen LogP contribution >= 0.6 is 0 Å². The molecule has 2 heterocycles. The largest absolute Gasteiger partial charge is 0.481 e. The van der Waals surface area contributed by atoms with Crippen molar-refractivity contribution >= 4 is 34.6 Å². The van der Waals surface area contributed by atoms with Gasteiger partial charge >= 0.3 is 5.97 Å². The average Bonchev–Trinajstić information content (AvgIpc) is 3.44. The van der Waals surface area contributed by atoms with Gasteiger partial charge in [-0.25, -0.2) is 0 Å². The summed E-state index contributed by atoms with van der Waals surface area (Å²) in [5, 5.41) is 14.3. The zero-order valence-electron chi connectivity index (χ0n) is 26.7. The number of fused-ring (bicyclic) bond motifs is 1. The molecule has 0 bridgehead atoms. The topological polar surface area (TPSA) is 158 Å². The predicted octanol–water partition coefficient (Wildman–Crippen LogP) is 4.04. The molecule has 4 rings (SSSR count). The molecule has 1 saturated heterocycles. The first-order valence-electron chi connectivity index (χ1n) is 15.5. The number of nitrogens with zero attached hydrogens (tertiary/aromatic N) is 1. The van der Waals surface area contributed by atoms with Crippen molar-refractivity contribution in [3.8, 4) is 0 Å². The third kappa shape index (κ3) is 10.8. The third-order valence-corrected chi connectivity index (χ3v) is 7.41. The van der Waals surface area contributed by atoms with E-state index in [4.69, 9.17) is 10.8 Å². The molecule has 6 N–H and O–H groups in total. The van der Waals surface area contributed by atoms with Gasteiger partial charge in [-0.3, -0.25) is 19.2 Å². The molecule has 10 nitrogen and oxygen atoms in total. The Kier molecular flexibility index (Phi) is 14.6. The number of rotatable bonds is 10. The van der Waals surface area contributed by atoms with Gasteiger partial charge in [0.25, 0.3) is 0 Å². The van der Waals surface area contributed by atoms with Crippen molar-refractivity contribution in [2.75, 3.05) is 19.6 Å². The summed E-state index contributed by atoms with van der Waals surface area (Å²) in [6, 6.07) is 17.5. The van der Waals surface area contributed by atoms with Gasteiger partial charge in [-0.2, -0.15) is 0 Å². The zero-order valence-corrected chi connectivity index (χ0v) is 26.7. The van der Waals surface area contributed by atoms with Crippen molar-refractivity contribution in [1.29, 1.82) is 0 Å². The van der Waals surface area contributed by atoms with Crippen LogP contribution in [-0.2, 0) is 32.0 Å². The minimum Gasteiger partial charge on any atom is -0.481 e. The van der Waals surface area contributed by atoms with E-state index in [1.807, 2.05) is 67.4 Å². The van der Waals surface area contributed by atoms with Gasteiger partial charge in [0.05, 0.1) is 6.54 Å². The normalized spacial score (nSPS) is 15.1. The maximum atomic E-state index is 13.9. The van der Waals surface area contributed by atoms with Crippen molar-refractivity contribution in [3.05, 3.63) is 71.9 Å². The van der Waals surface area contributed by atoms with Gasteiger partial charge in [0.1, 0.15) is 11.6 Å². The van der Waals surface area contributed by atoms with Gasteiger partial charge in [-0.15, -0.1) is 0 Å². The van der Waals surface area contributed by atoms with E-state index in [0.717, 1.165) is 35.7 Å². The highest BCUT2D eigenvalue weighted by Gasteiger charge is 2.35. The zero-order chi connectivity index (χ0) is 32.7. The number of aromatic amines is 1. The number of carbonyl (C=O) groups is 4. The first kappa shape index (κ1) is 36.0. The number of nitrogens with two attached hydrogens (primary N) is 1. The molecule has 10 heteroatoms. The van der Waals surface area contributed by atoms with Crippen LogP contribution in [0.3, 0.4) is 0 Å². The van der Waals surface area contributed by atoms with Crippen molar-refractivity contribution in [2.45, 2.75) is 78.3 Å². The van der Waals surface area contributed by atoms with Crippen LogP contribution in [0.25, 0.3) is 10.9 Å². The van der Waals surface area contributed by atoms with E-state index < -0.39 is 29.4 Å². The molecular weight excluding hydrogens is 558 g/mol. The van der Waals surface area contributed by atoms with Gasteiger partial charge in [-0.1, -0.05) is 69.3 Å². The Balaban J connectivity index is 0.000000876. The summed E-state index contributed by atoms with van der Waals surface area (Å²) in [5.74, 6) is -1.34. The standard InChI is InChI=1S/C29H37N5O3.C3H6O2.C2H6/c1-29(2,33-26(35)17-30)28(37)32-25(16-22-18-31-24-13-7-6-12-23(22)24)27(36)34-14-8-11-21(19-34)15-20-9-4-3-5-10-20;1-2-3(4)5;1-2/h3-7,9-10,12-13,18,21,25,31H,8,11,14-17,19,30H2,1-2H3,(H,32,37)(H,33,35);2H2,1H3,(H,4,5);1-2H3/t21-,25?;;/m1../s1. The number of H-pyrrole nitrogens is 1. The van der Waals surface area contributed by atoms with Crippen LogP contribution in [0.2, 0.25) is 0 Å².